The minimum absolute atomic E-state index is 0.0325. The van der Waals surface area contributed by atoms with Crippen molar-refractivity contribution in [3.05, 3.63) is 28.2 Å². The van der Waals surface area contributed by atoms with E-state index in [4.69, 9.17) is 4.74 Å². The van der Waals surface area contributed by atoms with Crippen LogP contribution in [0, 0.1) is 16.7 Å². The van der Waals surface area contributed by atoms with Gasteiger partial charge in [0, 0.05) is 10.0 Å². The second-order valence-corrected chi connectivity index (χ2v) is 6.00. The van der Waals surface area contributed by atoms with Crippen LogP contribution in [0.5, 0.6) is 5.75 Å². The van der Waals surface area contributed by atoms with Crippen LogP contribution in [0.1, 0.15) is 25.5 Å². The maximum absolute atomic E-state index is 9.38. The molecule has 1 atom stereocenters. The molecule has 0 saturated heterocycles. The molecule has 1 rings (SSSR count). The highest BCUT2D eigenvalue weighted by Gasteiger charge is 2.34. The number of nitriles is 1. The van der Waals surface area contributed by atoms with Crippen LogP contribution in [0.15, 0.2) is 22.7 Å². The highest BCUT2D eigenvalue weighted by atomic mass is 79.9. The molecule has 0 saturated carbocycles. The van der Waals surface area contributed by atoms with Gasteiger partial charge in [0.1, 0.15) is 5.75 Å². The van der Waals surface area contributed by atoms with Crippen LogP contribution in [0.2, 0.25) is 0 Å². The summed E-state index contributed by atoms with van der Waals surface area (Å²) in [5, 5.41) is 9.38. The van der Waals surface area contributed by atoms with E-state index in [2.05, 4.69) is 22.0 Å². The highest BCUT2D eigenvalue weighted by molar-refractivity contribution is 9.10. The first-order valence-corrected chi connectivity index (χ1v) is 6.54. The summed E-state index contributed by atoms with van der Waals surface area (Å²) >= 11 is 3.47. The average molecular weight is 311 g/mol. The average Bonchev–Trinajstić information content (AvgIpc) is 2.28. The summed E-state index contributed by atoms with van der Waals surface area (Å²) in [5.41, 5.74) is 0.515. The first kappa shape index (κ1) is 15.0. The lowest BCUT2D eigenvalue weighted by Gasteiger charge is -2.35. The Bertz CT molecular complexity index is 463. The molecule has 0 radical (unpaired) electrons. The minimum Gasteiger partial charge on any atom is -0.496 e. The Morgan fingerprint density at radius 2 is 2.00 bits per heavy atom. The molecule has 0 bridgehead atoms. The zero-order chi connectivity index (χ0) is 13.9. The van der Waals surface area contributed by atoms with E-state index in [0.717, 1.165) is 15.8 Å². The molecule has 4 heteroatoms. The van der Waals surface area contributed by atoms with Crippen LogP contribution < -0.4 is 4.74 Å². The van der Waals surface area contributed by atoms with Gasteiger partial charge in [-0.3, -0.25) is 0 Å². The van der Waals surface area contributed by atoms with Gasteiger partial charge in [0.25, 0.3) is 0 Å². The van der Waals surface area contributed by atoms with Gasteiger partial charge in [-0.2, -0.15) is 5.26 Å². The molecule has 1 aromatic rings. The molecule has 0 N–H and O–H groups in total. The van der Waals surface area contributed by atoms with Gasteiger partial charge in [0.15, 0.2) is 0 Å². The molecular formula is C14H19BrN2O. The van der Waals surface area contributed by atoms with Crippen molar-refractivity contribution in [2.24, 2.45) is 5.41 Å². The normalized spacial score (nSPS) is 13.2. The SMILES string of the molecule is COc1ccc(Br)cc1C(N(C)C)C(C)(C)C#N. The molecule has 0 aliphatic carbocycles. The summed E-state index contributed by atoms with van der Waals surface area (Å²) in [6.07, 6.45) is 0. The quantitative estimate of drug-likeness (QED) is 0.852. The van der Waals surface area contributed by atoms with E-state index in [9.17, 15) is 5.26 Å². The Kier molecular flexibility index (Phi) is 4.78. The van der Waals surface area contributed by atoms with E-state index in [1.54, 1.807) is 7.11 Å². The van der Waals surface area contributed by atoms with Crippen LogP contribution in [0.4, 0.5) is 0 Å². The van der Waals surface area contributed by atoms with Gasteiger partial charge in [0.05, 0.1) is 24.6 Å². The monoisotopic (exact) mass is 310 g/mol. The number of hydrogen-bond donors (Lipinski definition) is 0. The predicted octanol–water partition coefficient (Wildman–Crippen LogP) is 3.61. The van der Waals surface area contributed by atoms with Gasteiger partial charge >= 0.3 is 0 Å². The van der Waals surface area contributed by atoms with Gasteiger partial charge in [-0.25, -0.2) is 0 Å². The summed E-state index contributed by atoms with van der Waals surface area (Å²) < 4.78 is 6.40. The molecule has 18 heavy (non-hydrogen) atoms. The van der Waals surface area contributed by atoms with E-state index in [1.165, 1.54) is 0 Å². The Hall–Kier alpha value is -1.05. The summed E-state index contributed by atoms with van der Waals surface area (Å²) in [7, 11) is 5.60. The van der Waals surface area contributed by atoms with Crippen molar-refractivity contribution in [1.82, 2.24) is 4.90 Å². The molecule has 0 aromatic heterocycles. The first-order chi connectivity index (χ1) is 8.33. The number of rotatable bonds is 4. The van der Waals surface area contributed by atoms with Crippen molar-refractivity contribution < 1.29 is 4.74 Å². The predicted molar refractivity (Wildman–Crippen MR) is 76.5 cm³/mol. The van der Waals surface area contributed by atoms with E-state index < -0.39 is 5.41 Å². The summed E-state index contributed by atoms with van der Waals surface area (Å²) in [6.45, 7) is 3.88. The van der Waals surface area contributed by atoms with E-state index in [1.807, 2.05) is 51.0 Å². The first-order valence-electron chi connectivity index (χ1n) is 5.74. The van der Waals surface area contributed by atoms with Crippen LogP contribution in [-0.2, 0) is 0 Å². The summed E-state index contributed by atoms with van der Waals surface area (Å²) in [6, 6.07) is 8.22. The fourth-order valence-corrected chi connectivity index (χ4v) is 2.67. The molecule has 1 unspecified atom stereocenters. The molecule has 3 nitrogen and oxygen atoms in total. The number of nitrogens with zero attached hydrogens (tertiary/aromatic N) is 2. The molecule has 0 spiro atoms. The van der Waals surface area contributed by atoms with Crippen LogP contribution in [-0.4, -0.2) is 26.1 Å². The van der Waals surface area contributed by atoms with Gasteiger partial charge in [0.2, 0.25) is 0 Å². The van der Waals surface area contributed by atoms with Gasteiger partial charge < -0.3 is 9.64 Å². The molecule has 0 fully saturated rings. The third kappa shape index (κ3) is 3.04. The molecule has 0 heterocycles. The fraction of sp³-hybridized carbons (Fsp3) is 0.500. The van der Waals surface area contributed by atoms with Gasteiger partial charge in [-0.1, -0.05) is 15.9 Å². The number of methoxy groups -OCH3 is 1. The Balaban J connectivity index is 3.39. The van der Waals surface area contributed by atoms with Gasteiger partial charge in [-0.15, -0.1) is 0 Å². The van der Waals surface area contributed by atoms with Crippen molar-refractivity contribution in [3.8, 4) is 11.8 Å². The topological polar surface area (TPSA) is 36.3 Å². The standard InChI is InChI=1S/C14H19BrN2O/c1-14(2,9-16)13(17(3)4)11-8-10(15)6-7-12(11)18-5/h6-8,13H,1-5H3. The van der Waals surface area contributed by atoms with Crippen molar-refractivity contribution >= 4 is 15.9 Å². The minimum atomic E-state index is -0.502. The zero-order valence-corrected chi connectivity index (χ0v) is 13.1. The molecule has 1 aromatic carbocycles. The second kappa shape index (κ2) is 5.73. The maximum Gasteiger partial charge on any atom is 0.123 e. The van der Waals surface area contributed by atoms with Crippen molar-refractivity contribution in [1.29, 1.82) is 5.26 Å². The second-order valence-electron chi connectivity index (χ2n) is 5.09. The summed E-state index contributed by atoms with van der Waals surface area (Å²) in [4.78, 5) is 2.05. The van der Waals surface area contributed by atoms with Crippen LogP contribution in [0.25, 0.3) is 0 Å². The number of benzene rings is 1. The molecule has 0 amide bonds. The third-order valence-corrected chi connectivity index (χ3v) is 3.47. The zero-order valence-electron chi connectivity index (χ0n) is 11.5. The van der Waals surface area contributed by atoms with Crippen LogP contribution in [0.3, 0.4) is 0 Å². The molecule has 0 aliphatic rings. The lowest BCUT2D eigenvalue weighted by atomic mass is 9.80. The summed E-state index contributed by atoms with van der Waals surface area (Å²) in [5.74, 6) is 0.806. The lowest BCUT2D eigenvalue weighted by Crippen LogP contribution is -2.32. The largest absolute Gasteiger partial charge is 0.496 e. The van der Waals surface area contributed by atoms with E-state index in [-0.39, 0.29) is 6.04 Å². The van der Waals surface area contributed by atoms with E-state index in [0.29, 0.717) is 0 Å². The van der Waals surface area contributed by atoms with Crippen molar-refractivity contribution in [2.75, 3.05) is 21.2 Å². The van der Waals surface area contributed by atoms with Gasteiger partial charge in [-0.05, 0) is 46.1 Å². The Labute approximate surface area is 117 Å². The maximum atomic E-state index is 9.38. The highest BCUT2D eigenvalue weighted by Crippen LogP contribution is 2.41. The smallest absolute Gasteiger partial charge is 0.123 e. The Morgan fingerprint density at radius 3 is 2.44 bits per heavy atom. The number of halogens is 1. The number of hydrogen-bond acceptors (Lipinski definition) is 3. The van der Waals surface area contributed by atoms with Crippen molar-refractivity contribution in [2.45, 2.75) is 19.9 Å². The lowest BCUT2D eigenvalue weighted by molar-refractivity contribution is 0.181. The fourth-order valence-electron chi connectivity index (χ4n) is 2.29. The molecule has 98 valence electrons. The third-order valence-electron chi connectivity index (χ3n) is 2.97. The van der Waals surface area contributed by atoms with E-state index >= 15 is 0 Å². The number of ether oxygens (including phenoxy) is 1. The van der Waals surface area contributed by atoms with Crippen molar-refractivity contribution in [3.63, 3.8) is 0 Å². The van der Waals surface area contributed by atoms with Crippen LogP contribution >= 0.6 is 15.9 Å². The molecular weight excluding hydrogens is 292 g/mol. The molecule has 0 aliphatic heterocycles. The Morgan fingerprint density at radius 1 is 1.39 bits per heavy atom.